The van der Waals surface area contributed by atoms with E-state index in [9.17, 15) is 0 Å². The number of aryl methyl sites for hydroxylation is 2. The Morgan fingerprint density at radius 2 is 2.11 bits per heavy atom. The molecule has 2 rings (SSSR count). The van der Waals surface area contributed by atoms with Crippen LogP contribution in [0, 0.1) is 0 Å². The van der Waals surface area contributed by atoms with Crippen molar-refractivity contribution in [1.82, 2.24) is 4.98 Å². The van der Waals surface area contributed by atoms with E-state index in [0.717, 1.165) is 35.0 Å². The van der Waals surface area contributed by atoms with Crippen LogP contribution in [0.15, 0.2) is 24.3 Å². The largest absolute Gasteiger partial charge is 0.486 e. The highest BCUT2D eigenvalue weighted by atomic mass is 32.1. The maximum atomic E-state index is 5.81. The summed E-state index contributed by atoms with van der Waals surface area (Å²) in [6, 6.07) is 8.23. The Bertz CT molecular complexity index is 515. The number of ether oxygens (including phenoxy) is 1. The van der Waals surface area contributed by atoms with Crippen LogP contribution in [0.25, 0.3) is 0 Å². The van der Waals surface area contributed by atoms with Crippen LogP contribution in [0.4, 0.5) is 0 Å². The van der Waals surface area contributed by atoms with Gasteiger partial charge in [0.05, 0.1) is 5.69 Å². The molecule has 102 valence electrons. The molecule has 0 N–H and O–H groups in total. The summed E-state index contributed by atoms with van der Waals surface area (Å²) in [5.41, 5.74) is 2.45. The maximum Gasteiger partial charge on any atom is 0.140 e. The van der Waals surface area contributed by atoms with Crippen LogP contribution in [-0.4, -0.2) is 4.98 Å². The summed E-state index contributed by atoms with van der Waals surface area (Å²) in [5, 5.41) is 1.03. The molecule has 0 unspecified atom stereocenters. The lowest BCUT2D eigenvalue weighted by molar-refractivity contribution is 0.305. The van der Waals surface area contributed by atoms with Crippen LogP contribution >= 0.6 is 24.0 Å². The number of rotatable bonds is 6. The number of thiazole rings is 1. The second-order valence-electron chi connectivity index (χ2n) is 4.28. The molecule has 0 amide bonds. The summed E-state index contributed by atoms with van der Waals surface area (Å²) < 4.78 is 5.81. The van der Waals surface area contributed by atoms with Crippen molar-refractivity contribution in [2.24, 2.45) is 0 Å². The number of nitrogens with zero attached hydrogens (tertiary/aromatic N) is 1. The minimum Gasteiger partial charge on any atom is -0.486 e. The van der Waals surface area contributed by atoms with Gasteiger partial charge < -0.3 is 4.74 Å². The molecule has 0 spiro atoms. The van der Waals surface area contributed by atoms with Gasteiger partial charge in [-0.25, -0.2) is 4.98 Å². The second kappa shape index (κ2) is 6.96. The molecular formula is C15H19NOS2. The average molecular weight is 293 g/mol. The summed E-state index contributed by atoms with van der Waals surface area (Å²) in [6.45, 7) is 4.81. The van der Waals surface area contributed by atoms with Gasteiger partial charge in [-0.05, 0) is 30.5 Å². The van der Waals surface area contributed by atoms with Crippen molar-refractivity contribution in [3.05, 3.63) is 45.4 Å². The smallest absolute Gasteiger partial charge is 0.140 e. The third-order valence-corrected chi connectivity index (χ3v) is 4.57. The first-order valence-corrected chi connectivity index (χ1v) is 8.01. The molecule has 0 radical (unpaired) electrons. The Kier molecular flexibility index (Phi) is 5.28. The van der Waals surface area contributed by atoms with E-state index in [1.54, 1.807) is 11.3 Å². The van der Waals surface area contributed by atoms with Gasteiger partial charge in [0, 0.05) is 10.6 Å². The predicted molar refractivity (Wildman–Crippen MR) is 84.3 cm³/mol. The molecule has 0 atom stereocenters. The normalized spacial score (nSPS) is 10.7. The maximum absolute atomic E-state index is 5.81. The Morgan fingerprint density at radius 1 is 1.26 bits per heavy atom. The molecule has 0 fully saturated rings. The molecule has 2 aromatic rings. The van der Waals surface area contributed by atoms with Crippen LogP contribution in [0.2, 0.25) is 0 Å². The third-order valence-electron chi connectivity index (χ3n) is 2.97. The first kappa shape index (κ1) is 14.4. The molecule has 0 aliphatic carbocycles. The summed E-state index contributed by atoms with van der Waals surface area (Å²) in [4.78, 5) is 5.86. The lowest BCUT2D eigenvalue weighted by Crippen LogP contribution is -1.96. The van der Waals surface area contributed by atoms with E-state index in [1.165, 1.54) is 10.4 Å². The van der Waals surface area contributed by atoms with Crippen molar-refractivity contribution < 1.29 is 4.74 Å². The van der Waals surface area contributed by atoms with E-state index >= 15 is 0 Å². The Balaban J connectivity index is 2.03. The van der Waals surface area contributed by atoms with E-state index < -0.39 is 0 Å². The van der Waals surface area contributed by atoms with Crippen LogP contribution in [-0.2, 0) is 25.2 Å². The van der Waals surface area contributed by atoms with Crippen LogP contribution in [0.3, 0.4) is 0 Å². The fourth-order valence-electron chi connectivity index (χ4n) is 1.90. The van der Waals surface area contributed by atoms with E-state index in [-0.39, 0.29) is 0 Å². The number of hydrogen-bond acceptors (Lipinski definition) is 4. The monoisotopic (exact) mass is 293 g/mol. The molecule has 1 heterocycles. The quantitative estimate of drug-likeness (QED) is 0.803. The molecule has 0 saturated carbocycles. The van der Waals surface area contributed by atoms with Crippen molar-refractivity contribution in [1.29, 1.82) is 0 Å². The molecule has 4 heteroatoms. The van der Waals surface area contributed by atoms with Crippen molar-refractivity contribution in [2.45, 2.75) is 39.0 Å². The van der Waals surface area contributed by atoms with Crippen molar-refractivity contribution in [3.63, 3.8) is 0 Å². The molecule has 2 nitrogen and oxygen atoms in total. The van der Waals surface area contributed by atoms with Gasteiger partial charge in [0.25, 0.3) is 0 Å². The number of benzene rings is 1. The standard InChI is InChI=1S/C15H19NOS2/c1-3-11-6-5-7-12(8-11)17-9-15-16-13(4-2)14(10-18)19-15/h5-8,18H,3-4,9-10H2,1-2H3. The fourth-order valence-corrected chi connectivity index (χ4v) is 3.21. The van der Waals surface area contributed by atoms with Crippen LogP contribution < -0.4 is 4.74 Å². The van der Waals surface area contributed by atoms with Gasteiger partial charge in [-0.2, -0.15) is 12.6 Å². The van der Waals surface area contributed by atoms with E-state index in [4.69, 9.17) is 4.74 Å². The van der Waals surface area contributed by atoms with Crippen molar-refractivity contribution in [2.75, 3.05) is 0 Å². The minimum absolute atomic E-state index is 0.540. The van der Waals surface area contributed by atoms with Crippen LogP contribution in [0.1, 0.15) is 35.0 Å². The minimum atomic E-state index is 0.540. The highest BCUT2D eigenvalue weighted by Gasteiger charge is 2.08. The topological polar surface area (TPSA) is 22.1 Å². The second-order valence-corrected chi connectivity index (χ2v) is 5.76. The van der Waals surface area contributed by atoms with Crippen LogP contribution in [0.5, 0.6) is 5.75 Å². The van der Waals surface area contributed by atoms with Gasteiger partial charge in [0.2, 0.25) is 0 Å². The van der Waals surface area contributed by atoms with Gasteiger partial charge in [0.1, 0.15) is 17.4 Å². The lowest BCUT2D eigenvalue weighted by Gasteiger charge is -2.05. The number of thiol groups is 1. The Hall–Kier alpha value is -1.000. The zero-order chi connectivity index (χ0) is 13.7. The Morgan fingerprint density at radius 3 is 2.74 bits per heavy atom. The molecule has 0 saturated heterocycles. The van der Waals surface area contributed by atoms with Gasteiger partial charge in [-0.15, -0.1) is 11.3 Å². The van der Waals surface area contributed by atoms with E-state index in [1.807, 2.05) is 12.1 Å². The molecule has 1 aromatic carbocycles. The Labute approximate surface area is 124 Å². The third kappa shape index (κ3) is 3.74. The first-order chi connectivity index (χ1) is 9.26. The zero-order valence-corrected chi connectivity index (χ0v) is 13.1. The predicted octanol–water partition coefficient (Wildman–Crippen LogP) is 4.28. The zero-order valence-electron chi connectivity index (χ0n) is 11.3. The molecule has 0 aliphatic rings. The lowest BCUT2D eigenvalue weighted by atomic mass is 10.2. The average Bonchev–Trinajstić information content (AvgIpc) is 2.87. The molecular weight excluding hydrogens is 274 g/mol. The first-order valence-electron chi connectivity index (χ1n) is 6.56. The van der Waals surface area contributed by atoms with Gasteiger partial charge >= 0.3 is 0 Å². The number of hydrogen-bond donors (Lipinski definition) is 1. The van der Waals surface area contributed by atoms with Crippen molar-refractivity contribution in [3.8, 4) is 5.75 Å². The molecule has 1 aromatic heterocycles. The molecule has 19 heavy (non-hydrogen) atoms. The van der Waals surface area contributed by atoms with E-state index in [2.05, 4.69) is 43.6 Å². The fraction of sp³-hybridized carbons (Fsp3) is 0.400. The summed E-state index contributed by atoms with van der Waals surface area (Å²) in [5.74, 6) is 1.67. The van der Waals surface area contributed by atoms with Gasteiger partial charge in [0.15, 0.2) is 0 Å². The van der Waals surface area contributed by atoms with Gasteiger partial charge in [-0.3, -0.25) is 0 Å². The van der Waals surface area contributed by atoms with E-state index in [0.29, 0.717) is 6.61 Å². The number of aromatic nitrogens is 1. The molecule has 0 bridgehead atoms. The summed E-state index contributed by atoms with van der Waals surface area (Å²) in [7, 11) is 0. The summed E-state index contributed by atoms with van der Waals surface area (Å²) in [6.07, 6.45) is 1.98. The summed E-state index contributed by atoms with van der Waals surface area (Å²) >= 11 is 6.04. The highest BCUT2D eigenvalue weighted by Crippen LogP contribution is 2.23. The SMILES string of the molecule is CCc1cccc(OCc2nc(CC)c(CS)s2)c1. The highest BCUT2D eigenvalue weighted by molar-refractivity contribution is 7.79. The molecule has 0 aliphatic heterocycles. The van der Waals surface area contributed by atoms with Gasteiger partial charge in [-0.1, -0.05) is 26.0 Å². The van der Waals surface area contributed by atoms with Crippen molar-refractivity contribution >= 4 is 24.0 Å².